The lowest BCUT2D eigenvalue weighted by molar-refractivity contribution is -0.149. The molecule has 5 nitrogen and oxygen atoms in total. The van der Waals surface area contributed by atoms with E-state index in [-0.39, 0.29) is 11.9 Å². The van der Waals surface area contributed by atoms with Crippen LogP contribution in [0.3, 0.4) is 0 Å². The first-order valence-corrected chi connectivity index (χ1v) is 8.80. The number of aryl methyl sites for hydroxylation is 1. The molecule has 1 heterocycles. The zero-order valence-corrected chi connectivity index (χ0v) is 15.0. The molecule has 0 bridgehead atoms. The van der Waals surface area contributed by atoms with E-state index >= 15 is 0 Å². The van der Waals surface area contributed by atoms with E-state index < -0.39 is 0 Å². The standard InChI is InChI=1S/C19H29NO4/c1-4-23-19(21)16-8-11-20(12-9-16)10-5-13-24-17-7-6-15(2)14-18(17)22-3/h6-7,14,16H,4-5,8-13H2,1-3H3. The van der Waals surface area contributed by atoms with Gasteiger partial charge in [-0.2, -0.15) is 0 Å². The Kier molecular flexibility index (Phi) is 7.37. The smallest absolute Gasteiger partial charge is 0.309 e. The average Bonchev–Trinajstić information content (AvgIpc) is 2.60. The minimum atomic E-state index is -0.0352. The van der Waals surface area contributed by atoms with Crippen molar-refractivity contribution in [1.82, 2.24) is 4.90 Å². The summed E-state index contributed by atoms with van der Waals surface area (Å²) in [6, 6.07) is 5.96. The van der Waals surface area contributed by atoms with Gasteiger partial charge in [0.2, 0.25) is 0 Å². The topological polar surface area (TPSA) is 48.0 Å². The molecule has 0 atom stereocenters. The van der Waals surface area contributed by atoms with Crippen molar-refractivity contribution in [3.63, 3.8) is 0 Å². The van der Waals surface area contributed by atoms with E-state index in [4.69, 9.17) is 14.2 Å². The molecule has 0 N–H and O–H groups in total. The number of piperidine rings is 1. The van der Waals surface area contributed by atoms with Crippen LogP contribution in [0.25, 0.3) is 0 Å². The molecule has 1 aromatic carbocycles. The fourth-order valence-electron chi connectivity index (χ4n) is 3.02. The van der Waals surface area contributed by atoms with Gasteiger partial charge in [0.05, 0.1) is 26.2 Å². The quantitative estimate of drug-likeness (QED) is 0.540. The van der Waals surface area contributed by atoms with Crippen molar-refractivity contribution in [3.05, 3.63) is 23.8 Å². The largest absolute Gasteiger partial charge is 0.493 e. The van der Waals surface area contributed by atoms with E-state index in [0.717, 1.165) is 56.0 Å². The molecule has 134 valence electrons. The van der Waals surface area contributed by atoms with Crippen LogP contribution in [0.2, 0.25) is 0 Å². The zero-order chi connectivity index (χ0) is 17.4. The van der Waals surface area contributed by atoms with Gasteiger partial charge in [-0.15, -0.1) is 0 Å². The Hall–Kier alpha value is -1.75. The van der Waals surface area contributed by atoms with E-state index in [1.807, 2.05) is 32.0 Å². The Balaban J connectivity index is 1.66. The predicted molar refractivity (Wildman–Crippen MR) is 93.6 cm³/mol. The Morgan fingerprint density at radius 3 is 2.67 bits per heavy atom. The Labute approximate surface area is 144 Å². The minimum absolute atomic E-state index is 0.0352. The highest BCUT2D eigenvalue weighted by Gasteiger charge is 2.25. The number of likely N-dealkylation sites (tertiary alicyclic amines) is 1. The molecule has 1 fully saturated rings. The number of hydrogen-bond donors (Lipinski definition) is 0. The molecule has 0 unspecified atom stereocenters. The van der Waals surface area contributed by atoms with Gasteiger partial charge in [0.1, 0.15) is 0 Å². The number of benzene rings is 1. The number of ether oxygens (including phenoxy) is 3. The van der Waals surface area contributed by atoms with Gasteiger partial charge in [-0.3, -0.25) is 4.79 Å². The second-order valence-corrected chi connectivity index (χ2v) is 6.22. The molecule has 1 aromatic rings. The third kappa shape index (κ3) is 5.41. The van der Waals surface area contributed by atoms with Crippen LogP contribution in [0.1, 0.15) is 31.7 Å². The van der Waals surface area contributed by atoms with Crippen LogP contribution < -0.4 is 9.47 Å². The maximum atomic E-state index is 11.7. The summed E-state index contributed by atoms with van der Waals surface area (Å²) in [7, 11) is 1.66. The van der Waals surface area contributed by atoms with Crippen LogP contribution in [0.4, 0.5) is 0 Å². The van der Waals surface area contributed by atoms with E-state index in [1.54, 1.807) is 7.11 Å². The summed E-state index contributed by atoms with van der Waals surface area (Å²) in [4.78, 5) is 14.1. The summed E-state index contributed by atoms with van der Waals surface area (Å²) in [6.07, 6.45) is 2.75. The van der Waals surface area contributed by atoms with Crippen LogP contribution in [0.15, 0.2) is 18.2 Å². The number of nitrogens with zero attached hydrogens (tertiary/aromatic N) is 1. The van der Waals surface area contributed by atoms with Crippen LogP contribution in [0.5, 0.6) is 11.5 Å². The van der Waals surface area contributed by atoms with Crippen molar-refractivity contribution in [2.45, 2.75) is 33.1 Å². The van der Waals surface area contributed by atoms with Gasteiger partial charge < -0.3 is 19.1 Å². The van der Waals surface area contributed by atoms with E-state index in [2.05, 4.69) is 4.90 Å². The van der Waals surface area contributed by atoms with Crippen molar-refractivity contribution in [3.8, 4) is 11.5 Å². The Bertz CT molecular complexity index is 524. The fraction of sp³-hybridized carbons (Fsp3) is 0.632. The maximum absolute atomic E-state index is 11.7. The summed E-state index contributed by atoms with van der Waals surface area (Å²) < 4.78 is 16.3. The molecule has 0 amide bonds. The number of methoxy groups -OCH3 is 1. The molecule has 0 radical (unpaired) electrons. The predicted octanol–water partition coefficient (Wildman–Crippen LogP) is 3.05. The molecule has 0 aliphatic carbocycles. The van der Waals surface area contributed by atoms with Crippen molar-refractivity contribution in [2.24, 2.45) is 5.92 Å². The molecule has 0 spiro atoms. The summed E-state index contributed by atoms with van der Waals surface area (Å²) in [6.45, 7) is 7.93. The summed E-state index contributed by atoms with van der Waals surface area (Å²) in [5.74, 6) is 1.62. The van der Waals surface area contributed by atoms with E-state index in [9.17, 15) is 4.79 Å². The second kappa shape index (κ2) is 9.52. The second-order valence-electron chi connectivity index (χ2n) is 6.22. The molecule has 2 rings (SSSR count). The Morgan fingerprint density at radius 1 is 1.25 bits per heavy atom. The van der Waals surface area contributed by atoms with Crippen molar-refractivity contribution >= 4 is 5.97 Å². The molecule has 1 aliphatic heterocycles. The third-order valence-electron chi connectivity index (χ3n) is 4.40. The van der Waals surface area contributed by atoms with Crippen LogP contribution in [0, 0.1) is 12.8 Å². The summed E-state index contributed by atoms with van der Waals surface area (Å²) >= 11 is 0. The Morgan fingerprint density at radius 2 is 2.00 bits per heavy atom. The highest BCUT2D eigenvalue weighted by molar-refractivity contribution is 5.72. The van der Waals surface area contributed by atoms with E-state index in [0.29, 0.717) is 13.2 Å². The van der Waals surface area contributed by atoms with Gasteiger partial charge in [0.15, 0.2) is 11.5 Å². The number of carbonyl (C=O) groups is 1. The number of hydrogen-bond acceptors (Lipinski definition) is 5. The number of esters is 1. The summed E-state index contributed by atoms with van der Waals surface area (Å²) in [5.41, 5.74) is 1.16. The molecule has 0 saturated carbocycles. The summed E-state index contributed by atoms with van der Waals surface area (Å²) in [5, 5.41) is 0. The van der Waals surface area contributed by atoms with Gasteiger partial charge in [0.25, 0.3) is 0 Å². The normalized spacial score (nSPS) is 16.0. The first kappa shape index (κ1) is 18.6. The number of carbonyl (C=O) groups excluding carboxylic acids is 1. The first-order valence-electron chi connectivity index (χ1n) is 8.80. The van der Waals surface area contributed by atoms with Crippen LogP contribution >= 0.6 is 0 Å². The van der Waals surface area contributed by atoms with E-state index in [1.165, 1.54) is 0 Å². The van der Waals surface area contributed by atoms with Gasteiger partial charge in [-0.1, -0.05) is 6.07 Å². The van der Waals surface area contributed by atoms with Crippen molar-refractivity contribution < 1.29 is 19.0 Å². The lowest BCUT2D eigenvalue weighted by atomic mass is 9.97. The third-order valence-corrected chi connectivity index (χ3v) is 4.40. The highest BCUT2D eigenvalue weighted by Crippen LogP contribution is 2.27. The molecular formula is C19H29NO4. The van der Waals surface area contributed by atoms with Crippen LogP contribution in [-0.4, -0.2) is 50.8 Å². The van der Waals surface area contributed by atoms with Crippen molar-refractivity contribution in [2.75, 3.05) is 40.0 Å². The fourth-order valence-corrected chi connectivity index (χ4v) is 3.02. The van der Waals surface area contributed by atoms with Gasteiger partial charge in [-0.05, 0) is 63.9 Å². The molecule has 24 heavy (non-hydrogen) atoms. The zero-order valence-electron chi connectivity index (χ0n) is 15.0. The average molecular weight is 335 g/mol. The van der Waals surface area contributed by atoms with Crippen molar-refractivity contribution in [1.29, 1.82) is 0 Å². The highest BCUT2D eigenvalue weighted by atomic mass is 16.5. The lowest BCUT2D eigenvalue weighted by Crippen LogP contribution is -2.37. The van der Waals surface area contributed by atoms with Crippen LogP contribution in [-0.2, 0) is 9.53 Å². The maximum Gasteiger partial charge on any atom is 0.309 e. The number of rotatable bonds is 8. The molecule has 1 saturated heterocycles. The first-order chi connectivity index (χ1) is 11.6. The van der Waals surface area contributed by atoms with Gasteiger partial charge >= 0.3 is 5.97 Å². The molecule has 5 heteroatoms. The van der Waals surface area contributed by atoms with Gasteiger partial charge in [0, 0.05) is 6.54 Å². The molecule has 1 aliphatic rings. The monoisotopic (exact) mass is 335 g/mol. The lowest BCUT2D eigenvalue weighted by Gasteiger charge is -2.30. The van der Waals surface area contributed by atoms with Gasteiger partial charge in [-0.25, -0.2) is 0 Å². The molecular weight excluding hydrogens is 306 g/mol. The molecule has 0 aromatic heterocycles. The minimum Gasteiger partial charge on any atom is -0.493 e. The SMILES string of the molecule is CCOC(=O)C1CCN(CCCOc2ccc(C)cc2OC)CC1.